The number of allylic oxidation sites excluding steroid dienone is 1. The van der Waals surface area contributed by atoms with Crippen LogP contribution in [0.2, 0.25) is 0 Å². The molecular formula is C17H21N3O2. The lowest BCUT2D eigenvalue weighted by atomic mass is 10.2. The molecule has 0 saturated carbocycles. The van der Waals surface area contributed by atoms with Crippen molar-refractivity contribution in [3.8, 4) is 0 Å². The lowest BCUT2D eigenvalue weighted by molar-refractivity contribution is -0.138. The Labute approximate surface area is 130 Å². The van der Waals surface area contributed by atoms with E-state index in [-0.39, 0.29) is 11.8 Å². The number of carbonyl (C=O) groups is 2. The molecule has 0 bridgehead atoms. The molecule has 2 amide bonds. The second-order valence-electron chi connectivity index (χ2n) is 5.41. The van der Waals surface area contributed by atoms with Gasteiger partial charge in [-0.3, -0.25) is 19.5 Å². The average molecular weight is 299 g/mol. The van der Waals surface area contributed by atoms with Crippen LogP contribution in [0, 0.1) is 0 Å². The lowest BCUT2D eigenvalue weighted by Gasteiger charge is -2.14. The first-order chi connectivity index (χ1) is 10.6. The van der Waals surface area contributed by atoms with Gasteiger partial charge in [0.15, 0.2) is 0 Å². The highest BCUT2D eigenvalue weighted by molar-refractivity contribution is 6.03. The highest BCUT2D eigenvalue weighted by Gasteiger charge is 2.28. The van der Waals surface area contributed by atoms with E-state index in [0.29, 0.717) is 25.8 Å². The van der Waals surface area contributed by atoms with Crippen LogP contribution >= 0.6 is 0 Å². The van der Waals surface area contributed by atoms with E-state index in [1.807, 2.05) is 61.6 Å². The molecule has 1 aliphatic rings. The predicted octanol–water partition coefficient (Wildman–Crippen LogP) is 2.37. The van der Waals surface area contributed by atoms with Gasteiger partial charge in [0.2, 0.25) is 11.8 Å². The van der Waals surface area contributed by atoms with Crippen LogP contribution in [0.3, 0.4) is 0 Å². The van der Waals surface area contributed by atoms with Crippen LogP contribution in [0.5, 0.6) is 0 Å². The molecule has 5 heteroatoms. The number of nitrogens with zero attached hydrogens (tertiary/aromatic N) is 3. The third-order valence-corrected chi connectivity index (χ3v) is 3.34. The maximum absolute atomic E-state index is 11.7. The highest BCUT2D eigenvalue weighted by atomic mass is 16.2. The van der Waals surface area contributed by atoms with E-state index in [0.717, 1.165) is 11.4 Å². The highest BCUT2D eigenvalue weighted by Crippen LogP contribution is 2.15. The molecule has 1 aromatic rings. The smallest absolute Gasteiger partial charge is 0.229 e. The zero-order chi connectivity index (χ0) is 15.9. The Hall–Kier alpha value is -2.43. The Morgan fingerprint density at radius 2 is 1.82 bits per heavy atom. The van der Waals surface area contributed by atoms with Gasteiger partial charge < -0.3 is 4.90 Å². The van der Waals surface area contributed by atoms with Crippen molar-refractivity contribution in [1.29, 1.82) is 0 Å². The normalized spacial score (nSPS) is 15.9. The largest absolute Gasteiger partial charge is 0.383 e. The molecular weight excluding hydrogens is 278 g/mol. The number of rotatable bonds is 6. The van der Waals surface area contributed by atoms with Crippen LogP contribution in [0.25, 0.3) is 0 Å². The van der Waals surface area contributed by atoms with Crippen molar-refractivity contribution in [3.05, 3.63) is 42.6 Å². The van der Waals surface area contributed by atoms with Crippen LogP contribution in [0.4, 0.5) is 5.69 Å². The number of hydrogen-bond acceptors (Lipinski definition) is 4. The number of carbonyl (C=O) groups excluding carboxylic acids is 2. The van der Waals surface area contributed by atoms with E-state index in [9.17, 15) is 9.59 Å². The standard InChI is InChI=1S/C17H21N3O2/c1-19(2)12-10-15(18-14-6-4-3-5-7-14)11-13-20-16(21)8-9-17(20)22/h3-7,10,12H,8-9,11,13H2,1-2H3/b12-10-,18-15?. The summed E-state index contributed by atoms with van der Waals surface area (Å²) >= 11 is 0. The first kappa shape index (κ1) is 15.9. The van der Waals surface area contributed by atoms with Crippen LogP contribution in [0.1, 0.15) is 19.3 Å². The fraction of sp³-hybridized carbons (Fsp3) is 0.353. The summed E-state index contributed by atoms with van der Waals surface area (Å²) in [5.41, 5.74) is 1.70. The molecule has 0 aromatic heterocycles. The van der Waals surface area contributed by atoms with Crippen molar-refractivity contribution in [2.45, 2.75) is 19.3 Å². The first-order valence-electron chi connectivity index (χ1n) is 7.36. The number of aliphatic imine (C=N–C) groups is 1. The Balaban J connectivity index is 2.09. The van der Waals surface area contributed by atoms with Gasteiger partial charge in [-0.05, 0) is 18.2 Å². The molecule has 0 N–H and O–H groups in total. The molecule has 0 unspecified atom stereocenters. The van der Waals surface area contributed by atoms with Gasteiger partial charge in [0.25, 0.3) is 0 Å². The number of hydrogen-bond donors (Lipinski definition) is 0. The van der Waals surface area contributed by atoms with E-state index in [1.54, 1.807) is 0 Å². The Morgan fingerprint density at radius 3 is 2.41 bits per heavy atom. The monoisotopic (exact) mass is 299 g/mol. The molecule has 1 saturated heterocycles. The molecule has 2 rings (SSSR count). The summed E-state index contributed by atoms with van der Waals surface area (Å²) in [6, 6.07) is 9.65. The van der Waals surface area contributed by atoms with Crippen molar-refractivity contribution in [3.63, 3.8) is 0 Å². The van der Waals surface area contributed by atoms with Gasteiger partial charge in [-0.15, -0.1) is 0 Å². The summed E-state index contributed by atoms with van der Waals surface area (Å²) in [6.45, 7) is 0.390. The van der Waals surface area contributed by atoms with Gasteiger partial charge in [-0.2, -0.15) is 0 Å². The molecule has 1 heterocycles. The quantitative estimate of drug-likeness (QED) is 0.598. The minimum atomic E-state index is -0.0827. The summed E-state index contributed by atoms with van der Waals surface area (Å²) in [7, 11) is 3.87. The third kappa shape index (κ3) is 4.55. The molecule has 5 nitrogen and oxygen atoms in total. The third-order valence-electron chi connectivity index (χ3n) is 3.34. The minimum Gasteiger partial charge on any atom is -0.383 e. The first-order valence-corrected chi connectivity index (χ1v) is 7.36. The lowest BCUT2D eigenvalue weighted by Crippen LogP contribution is -2.31. The maximum Gasteiger partial charge on any atom is 0.229 e. The molecule has 0 spiro atoms. The van der Waals surface area contributed by atoms with Crippen LogP contribution in [0.15, 0.2) is 47.6 Å². The van der Waals surface area contributed by atoms with E-state index in [4.69, 9.17) is 0 Å². The summed E-state index contributed by atoms with van der Waals surface area (Å²) < 4.78 is 0. The van der Waals surface area contributed by atoms with Gasteiger partial charge >= 0.3 is 0 Å². The van der Waals surface area contributed by atoms with E-state index >= 15 is 0 Å². The molecule has 22 heavy (non-hydrogen) atoms. The molecule has 116 valence electrons. The van der Waals surface area contributed by atoms with E-state index < -0.39 is 0 Å². The fourth-order valence-corrected chi connectivity index (χ4v) is 2.18. The van der Waals surface area contributed by atoms with Crippen LogP contribution < -0.4 is 0 Å². The Kier molecular flexibility index (Phi) is 5.47. The summed E-state index contributed by atoms with van der Waals surface area (Å²) in [5.74, 6) is -0.165. The summed E-state index contributed by atoms with van der Waals surface area (Å²) in [5, 5.41) is 0. The number of likely N-dealkylation sites (tertiary alicyclic amines) is 1. The topological polar surface area (TPSA) is 53.0 Å². The predicted molar refractivity (Wildman–Crippen MR) is 86.9 cm³/mol. The van der Waals surface area contributed by atoms with Crippen molar-refractivity contribution < 1.29 is 9.59 Å². The molecule has 0 radical (unpaired) electrons. The second kappa shape index (κ2) is 7.54. The van der Waals surface area contributed by atoms with Crippen LogP contribution in [-0.2, 0) is 9.59 Å². The summed E-state index contributed by atoms with van der Waals surface area (Å²) in [4.78, 5) is 31.2. The molecule has 1 fully saturated rings. The van der Waals surface area contributed by atoms with Gasteiger partial charge in [0, 0.05) is 51.8 Å². The average Bonchev–Trinajstić information content (AvgIpc) is 2.82. The molecule has 1 aliphatic heterocycles. The van der Waals surface area contributed by atoms with Crippen molar-refractivity contribution >= 4 is 23.2 Å². The second-order valence-corrected chi connectivity index (χ2v) is 5.41. The maximum atomic E-state index is 11.7. The van der Waals surface area contributed by atoms with Gasteiger partial charge in [0.05, 0.1) is 5.69 Å². The fourth-order valence-electron chi connectivity index (χ4n) is 2.18. The summed E-state index contributed by atoms with van der Waals surface area (Å²) in [6.07, 6.45) is 5.04. The van der Waals surface area contributed by atoms with Gasteiger partial charge in [-0.1, -0.05) is 18.2 Å². The number of para-hydroxylation sites is 1. The Bertz CT molecular complexity index is 575. The van der Waals surface area contributed by atoms with Crippen molar-refractivity contribution in [2.24, 2.45) is 4.99 Å². The van der Waals surface area contributed by atoms with Crippen molar-refractivity contribution in [1.82, 2.24) is 9.80 Å². The number of benzene rings is 1. The van der Waals surface area contributed by atoms with Gasteiger partial charge in [0.1, 0.15) is 0 Å². The minimum absolute atomic E-state index is 0.0827. The molecule has 0 aliphatic carbocycles. The van der Waals surface area contributed by atoms with E-state index in [1.165, 1.54) is 4.90 Å². The van der Waals surface area contributed by atoms with Crippen molar-refractivity contribution in [2.75, 3.05) is 20.6 Å². The molecule has 1 aromatic carbocycles. The SMILES string of the molecule is CN(C)/C=C\C(CCN1C(=O)CCC1=O)=Nc1ccccc1. The number of imide groups is 1. The molecule has 0 atom stereocenters. The number of amides is 2. The zero-order valence-electron chi connectivity index (χ0n) is 13.0. The van der Waals surface area contributed by atoms with Crippen LogP contribution in [-0.4, -0.2) is 48.0 Å². The zero-order valence-corrected chi connectivity index (χ0v) is 13.0. The van der Waals surface area contributed by atoms with E-state index in [2.05, 4.69) is 4.99 Å². The Morgan fingerprint density at radius 1 is 1.18 bits per heavy atom. The van der Waals surface area contributed by atoms with Gasteiger partial charge in [-0.25, -0.2) is 0 Å².